The Labute approximate surface area is 687 Å². The van der Waals surface area contributed by atoms with Crippen molar-refractivity contribution < 1.29 is 96.6 Å². The Morgan fingerprint density at radius 1 is 0.364 bits per heavy atom. The lowest BCUT2D eigenvalue weighted by Gasteiger charge is -2.23. The number of carbonyl (C=O) groups excluding carboxylic acids is 6. The summed E-state index contributed by atoms with van der Waals surface area (Å²) in [6.45, 7) is 15.4. The molecule has 18 rings (SSSR count). The number of hydrogen-bond acceptors (Lipinski definition) is 25. The minimum Gasteiger partial charge on any atom is -0.507 e. The SMILES string of the molecule is CC(=O)O.COc1cccc(C2C(=C(O)c3ccc4c(c3)OCCO4)C(=O)C(=O)N2c2nc3c(C)cc(C)cc3s2)c1.COc1cccc(C2C(=C(O)c3ccc4c(c3)OCCO4)C(=O)C(=O)N2c2nc3c(C)cc(C)cc3s2)c1.COc1cccc(C2C(=C(O)c3ccc4c(c3)OCCO4)C(=O)C(=O)N2c2nc3c(C)cc(C)cc3s2)c1. The number of rotatable bonds is 12. The van der Waals surface area contributed by atoms with Crippen molar-refractivity contribution in [2.45, 2.75) is 66.6 Å². The molecule has 3 amide bonds. The van der Waals surface area contributed by atoms with Crippen LogP contribution in [0, 0.1) is 41.5 Å². The second-order valence-electron chi connectivity index (χ2n) is 28.2. The predicted octanol–water partition coefficient (Wildman–Crippen LogP) is 16.0. The maximum absolute atomic E-state index is 13.6. The molecule has 600 valence electrons. The highest BCUT2D eigenvalue weighted by molar-refractivity contribution is 7.23. The van der Waals surface area contributed by atoms with E-state index in [4.69, 9.17) is 67.5 Å². The number of nitrogens with zero attached hydrogens (tertiary/aromatic N) is 6. The Bertz CT molecular complexity index is 5670. The van der Waals surface area contributed by atoms with E-state index in [2.05, 4.69) is 0 Å². The summed E-state index contributed by atoms with van der Waals surface area (Å²) in [5.74, 6) is -1.68. The molecule has 0 bridgehead atoms. The number of thiazole rings is 3. The first-order valence-electron chi connectivity index (χ1n) is 37.2. The van der Waals surface area contributed by atoms with Gasteiger partial charge in [-0.3, -0.25) is 48.3 Å². The molecule has 3 unspecified atom stereocenters. The van der Waals surface area contributed by atoms with E-state index in [1.165, 1.54) is 48.7 Å². The van der Waals surface area contributed by atoms with Crippen LogP contribution in [-0.2, 0) is 33.6 Å². The van der Waals surface area contributed by atoms with Gasteiger partial charge in [0, 0.05) is 23.6 Å². The fourth-order valence-electron chi connectivity index (χ4n) is 14.9. The molecule has 3 aromatic heterocycles. The third-order valence-electron chi connectivity index (χ3n) is 20.1. The Hall–Kier alpha value is -13.6. The van der Waals surface area contributed by atoms with E-state index >= 15 is 0 Å². The van der Waals surface area contributed by atoms with Crippen molar-refractivity contribution in [3.8, 4) is 51.7 Å². The lowest BCUT2D eigenvalue weighted by Crippen LogP contribution is -2.29. The molecule has 29 heteroatoms. The molecule has 0 aliphatic carbocycles. The van der Waals surface area contributed by atoms with Gasteiger partial charge in [-0.1, -0.05) is 88.6 Å². The molecule has 3 saturated heterocycles. The number of methoxy groups -OCH3 is 3. The molecule has 0 radical (unpaired) electrons. The molecule has 9 heterocycles. The largest absolute Gasteiger partial charge is 0.507 e. The van der Waals surface area contributed by atoms with Gasteiger partial charge in [-0.2, -0.15) is 0 Å². The van der Waals surface area contributed by atoms with Gasteiger partial charge in [0.2, 0.25) is 0 Å². The number of carboxylic acids is 1. The quantitative estimate of drug-likeness (QED) is 0.0501. The van der Waals surface area contributed by atoms with E-state index in [9.17, 15) is 44.1 Å². The standard InChI is InChI=1S/3C29H24N2O6S.C2H4O2/c3*1-15-11-16(2)24-22(12-15)38-29(30-24)31-25(17-5-4-6-19(13-17)35-3)23(27(33)28(31)34)26(32)18-7-8-20-21(14-18)37-10-9-36-20;1-2(3)4/h3*4-8,11-14,25,32H,9-10H2,1-3H3;1H3,(H,3,4). The summed E-state index contributed by atoms with van der Waals surface area (Å²) in [6.07, 6.45) is 0. The van der Waals surface area contributed by atoms with Crippen LogP contribution in [0.1, 0.15) is 91.8 Å². The van der Waals surface area contributed by atoms with Crippen molar-refractivity contribution in [2.75, 3.05) is 75.7 Å². The van der Waals surface area contributed by atoms with Crippen LogP contribution in [0.25, 0.3) is 47.9 Å². The number of amides is 3. The molecule has 4 N–H and O–H groups in total. The molecule has 9 aromatic carbocycles. The van der Waals surface area contributed by atoms with Crippen LogP contribution in [0.3, 0.4) is 0 Å². The molecular weight excluding hydrogens is 1570 g/mol. The maximum atomic E-state index is 13.6. The third-order valence-corrected chi connectivity index (χ3v) is 23.1. The fourth-order valence-corrected chi connectivity index (χ4v) is 18.4. The Morgan fingerprint density at radius 2 is 0.619 bits per heavy atom. The van der Waals surface area contributed by atoms with E-state index < -0.39 is 59.2 Å². The van der Waals surface area contributed by atoms with Gasteiger partial charge >= 0.3 is 17.7 Å². The second kappa shape index (κ2) is 32.9. The molecule has 0 spiro atoms. The molecule has 3 atom stereocenters. The number of fused-ring (bicyclic) bond motifs is 6. The zero-order valence-corrected chi connectivity index (χ0v) is 67.7. The summed E-state index contributed by atoms with van der Waals surface area (Å²) < 4.78 is 52.7. The summed E-state index contributed by atoms with van der Waals surface area (Å²) in [5.41, 5.74) is 11.2. The smallest absolute Gasteiger partial charge is 0.301 e. The first kappa shape index (κ1) is 79.6. The molecule has 6 aliphatic rings. The summed E-state index contributed by atoms with van der Waals surface area (Å²) >= 11 is 4.00. The first-order valence-corrected chi connectivity index (χ1v) is 39.6. The van der Waals surface area contributed by atoms with Crippen molar-refractivity contribution in [3.63, 3.8) is 0 Å². The summed E-state index contributed by atoms with van der Waals surface area (Å²) in [4.78, 5) is 109. The topological polar surface area (TPSA) is 332 Å². The molecule has 26 nitrogen and oxygen atoms in total. The monoisotopic (exact) mass is 1640 g/mol. The van der Waals surface area contributed by atoms with E-state index in [0.29, 0.717) is 140 Å². The number of ketones is 3. The normalized spacial score (nSPS) is 17.9. The van der Waals surface area contributed by atoms with Crippen molar-refractivity contribution in [1.29, 1.82) is 0 Å². The van der Waals surface area contributed by atoms with Crippen LogP contribution in [-0.4, -0.2) is 137 Å². The fraction of sp³-hybridized carbons (Fsp3) is 0.213. The van der Waals surface area contributed by atoms with Crippen molar-refractivity contribution in [2.24, 2.45) is 0 Å². The van der Waals surface area contributed by atoms with Crippen LogP contribution in [0.2, 0.25) is 0 Å². The number of Topliss-reactive ketones (excluding diaryl/α,β-unsaturated/α-hetero) is 3. The van der Waals surface area contributed by atoms with Gasteiger partial charge in [-0.05, 0) is 201 Å². The van der Waals surface area contributed by atoms with E-state index in [1.807, 2.05) is 77.9 Å². The first-order chi connectivity index (χ1) is 56.8. The highest BCUT2D eigenvalue weighted by Gasteiger charge is 2.52. The molecular formula is C89H76N6O20S3. The van der Waals surface area contributed by atoms with E-state index in [0.717, 1.165) is 71.0 Å². The average molecular weight is 1650 g/mol. The number of aryl methyl sites for hydroxylation is 6. The third kappa shape index (κ3) is 15.3. The van der Waals surface area contributed by atoms with E-state index in [-0.39, 0.29) is 34.0 Å². The van der Waals surface area contributed by atoms with Gasteiger partial charge in [0.05, 0.1) is 86.8 Å². The van der Waals surface area contributed by atoms with E-state index in [1.54, 1.807) is 149 Å². The highest BCUT2D eigenvalue weighted by Crippen LogP contribution is 2.51. The van der Waals surface area contributed by atoms with Crippen LogP contribution in [0.5, 0.6) is 51.7 Å². The minimum atomic E-state index is -0.916. The summed E-state index contributed by atoms with van der Waals surface area (Å²) in [5, 5.41) is 43.0. The van der Waals surface area contributed by atoms with Gasteiger partial charge in [0.15, 0.2) is 49.9 Å². The number of hydrogen-bond donors (Lipinski definition) is 4. The lowest BCUT2D eigenvalue weighted by atomic mass is 9.95. The van der Waals surface area contributed by atoms with Crippen molar-refractivity contribution in [3.05, 3.63) is 247 Å². The predicted molar refractivity (Wildman–Crippen MR) is 446 cm³/mol. The maximum Gasteiger partial charge on any atom is 0.301 e. The van der Waals surface area contributed by atoms with Gasteiger partial charge in [-0.25, -0.2) is 15.0 Å². The second-order valence-corrected chi connectivity index (χ2v) is 31.2. The van der Waals surface area contributed by atoms with Gasteiger partial charge in [0.1, 0.15) is 74.2 Å². The Morgan fingerprint density at radius 3 is 0.873 bits per heavy atom. The molecule has 0 saturated carbocycles. The summed E-state index contributed by atoms with van der Waals surface area (Å²) in [6, 6.07) is 45.5. The van der Waals surface area contributed by atoms with Crippen LogP contribution >= 0.6 is 34.0 Å². The van der Waals surface area contributed by atoms with Gasteiger partial charge in [-0.15, -0.1) is 0 Å². The number of aromatic nitrogens is 3. The van der Waals surface area contributed by atoms with Crippen LogP contribution < -0.4 is 57.3 Å². The Balaban J connectivity index is 0.000000135. The number of carboxylic acid groups (broad SMARTS) is 1. The van der Waals surface area contributed by atoms with Crippen molar-refractivity contribution >= 4 is 138 Å². The molecule has 118 heavy (non-hydrogen) atoms. The Kier molecular flexibility index (Phi) is 22.2. The number of aliphatic hydroxyl groups excluding tert-OH is 3. The number of aliphatic carboxylic acids is 1. The molecule has 6 aliphatic heterocycles. The van der Waals surface area contributed by atoms with Crippen LogP contribution in [0.4, 0.5) is 15.4 Å². The lowest BCUT2D eigenvalue weighted by molar-refractivity contribution is -0.134. The minimum absolute atomic E-state index is 0.0351. The number of ether oxygens (including phenoxy) is 9. The zero-order valence-electron chi connectivity index (χ0n) is 65.3. The number of aliphatic hydroxyl groups is 3. The summed E-state index contributed by atoms with van der Waals surface area (Å²) in [7, 11) is 4.64. The number of carbonyl (C=O) groups is 7. The van der Waals surface area contributed by atoms with Crippen molar-refractivity contribution in [1.82, 2.24) is 15.0 Å². The highest BCUT2D eigenvalue weighted by atomic mass is 32.1. The van der Waals surface area contributed by atoms with Crippen LogP contribution in [0.15, 0.2) is 181 Å². The van der Waals surface area contributed by atoms with Gasteiger partial charge < -0.3 is 63.1 Å². The molecule has 12 aromatic rings. The average Bonchev–Trinajstić information content (AvgIpc) is 1.59. The van der Waals surface area contributed by atoms with Gasteiger partial charge in [0.25, 0.3) is 23.3 Å². The zero-order chi connectivity index (χ0) is 83.2. The number of benzene rings is 9. The molecule has 3 fully saturated rings. The number of anilines is 3.